The Morgan fingerprint density at radius 1 is 1.19 bits per heavy atom. The molecule has 5 rings (SSSR count). The molecule has 12 heteroatoms. The molecule has 0 radical (unpaired) electrons. The zero-order valence-electron chi connectivity index (χ0n) is 20.0. The molecule has 0 saturated carbocycles. The van der Waals surface area contributed by atoms with Crippen molar-refractivity contribution in [1.82, 2.24) is 15.1 Å². The van der Waals surface area contributed by atoms with Crippen LogP contribution in [0.15, 0.2) is 24.3 Å². The van der Waals surface area contributed by atoms with Crippen molar-refractivity contribution in [1.29, 1.82) is 0 Å². The Morgan fingerprint density at radius 3 is 2.76 bits per heavy atom. The monoisotopic (exact) mass is 523 g/mol. The first-order chi connectivity index (χ1) is 17.6. The van der Waals surface area contributed by atoms with Gasteiger partial charge in [0.2, 0.25) is 5.91 Å². The highest BCUT2D eigenvalue weighted by Crippen LogP contribution is 2.28. The molecule has 1 saturated heterocycles. The van der Waals surface area contributed by atoms with Crippen molar-refractivity contribution in [3.63, 3.8) is 0 Å². The minimum Gasteiger partial charge on any atom is -0.450 e. The van der Waals surface area contributed by atoms with Crippen LogP contribution in [0.1, 0.15) is 42.4 Å². The molecule has 3 atom stereocenters. The largest absolute Gasteiger partial charge is 0.450 e. The van der Waals surface area contributed by atoms with Crippen LogP contribution in [0.25, 0.3) is 6.08 Å². The molecule has 0 spiro atoms. The number of carbonyl (C=O) groups excluding carboxylic acids is 4. The second-order valence-corrected chi connectivity index (χ2v) is 9.29. The van der Waals surface area contributed by atoms with Crippen LogP contribution < -0.4 is 5.32 Å². The van der Waals surface area contributed by atoms with E-state index in [1.54, 1.807) is 0 Å². The fourth-order valence-corrected chi connectivity index (χ4v) is 4.85. The third kappa shape index (κ3) is 6.60. The number of amides is 3. The molecule has 0 unspecified atom stereocenters. The minimum atomic E-state index is -4.77. The highest BCUT2D eigenvalue weighted by atomic mass is 19.4. The van der Waals surface area contributed by atoms with Gasteiger partial charge < -0.3 is 29.4 Å². The molecule has 4 aliphatic rings. The van der Waals surface area contributed by atoms with Crippen molar-refractivity contribution in [2.75, 3.05) is 19.7 Å². The van der Waals surface area contributed by atoms with Crippen LogP contribution in [0.3, 0.4) is 0 Å². The minimum absolute atomic E-state index is 0.0519. The SMILES string of the molecule is O=C[C@@H]1C[C@@H]2CN1C(=O)[C@H](CC(F)(F)F)NC(=O)OCCC/C=C/c1cccc3c1CCN(C3)C(=O)O2. The maximum absolute atomic E-state index is 13.2. The second kappa shape index (κ2) is 11.2. The maximum atomic E-state index is 13.2. The van der Waals surface area contributed by atoms with Gasteiger partial charge in [0.1, 0.15) is 18.4 Å². The number of carbonyl (C=O) groups is 4. The number of fused-ring (bicyclic) bond motifs is 10. The smallest absolute Gasteiger partial charge is 0.410 e. The Balaban J connectivity index is 1.58. The summed E-state index contributed by atoms with van der Waals surface area (Å²) in [5, 5.41) is 1.99. The van der Waals surface area contributed by atoms with E-state index in [-0.39, 0.29) is 19.6 Å². The Kier molecular flexibility index (Phi) is 8.03. The molecule has 0 aromatic heterocycles. The third-order valence-corrected chi connectivity index (χ3v) is 6.64. The van der Waals surface area contributed by atoms with Crippen molar-refractivity contribution in [3.05, 3.63) is 41.0 Å². The molecule has 1 fully saturated rings. The van der Waals surface area contributed by atoms with Gasteiger partial charge in [-0.15, -0.1) is 0 Å². The lowest BCUT2D eigenvalue weighted by atomic mass is 9.94. The molecule has 4 heterocycles. The Labute approximate surface area is 211 Å². The molecule has 200 valence electrons. The molecule has 6 bridgehead atoms. The number of allylic oxidation sites excluding steroid dienone is 1. The fraction of sp³-hybridized carbons (Fsp3) is 0.520. The number of ether oxygens (including phenoxy) is 2. The molecule has 1 aromatic carbocycles. The van der Waals surface area contributed by atoms with Gasteiger partial charge in [0.05, 0.1) is 25.6 Å². The number of alkyl halides is 3. The highest BCUT2D eigenvalue weighted by molar-refractivity contribution is 5.88. The van der Waals surface area contributed by atoms with Gasteiger partial charge in [-0.1, -0.05) is 30.4 Å². The normalized spacial score (nSPS) is 26.2. The number of benzene rings is 1. The second-order valence-electron chi connectivity index (χ2n) is 9.29. The van der Waals surface area contributed by atoms with Crippen molar-refractivity contribution < 1.29 is 41.8 Å². The fourth-order valence-electron chi connectivity index (χ4n) is 4.85. The lowest BCUT2D eigenvalue weighted by molar-refractivity contribution is -0.155. The predicted molar refractivity (Wildman–Crippen MR) is 124 cm³/mol. The van der Waals surface area contributed by atoms with Crippen LogP contribution in [-0.2, 0) is 32.0 Å². The first-order valence-electron chi connectivity index (χ1n) is 12.1. The number of hydrogen-bond acceptors (Lipinski definition) is 6. The Bertz CT molecular complexity index is 1080. The van der Waals surface area contributed by atoms with E-state index < -0.39 is 48.9 Å². The van der Waals surface area contributed by atoms with Crippen LogP contribution in [0, 0.1) is 0 Å². The van der Waals surface area contributed by atoms with Crippen molar-refractivity contribution in [2.45, 2.75) is 63.0 Å². The van der Waals surface area contributed by atoms with E-state index in [1.165, 1.54) is 4.90 Å². The lowest BCUT2D eigenvalue weighted by Gasteiger charge is -2.30. The van der Waals surface area contributed by atoms with Crippen molar-refractivity contribution >= 4 is 30.5 Å². The lowest BCUT2D eigenvalue weighted by Crippen LogP contribution is -2.52. The summed E-state index contributed by atoms with van der Waals surface area (Å²) in [6, 6.07) is 2.73. The molecular formula is C25H28F3N3O6. The van der Waals surface area contributed by atoms with Crippen molar-refractivity contribution in [2.24, 2.45) is 0 Å². The van der Waals surface area contributed by atoms with Crippen molar-refractivity contribution in [3.8, 4) is 0 Å². The number of nitrogens with zero attached hydrogens (tertiary/aromatic N) is 2. The summed E-state index contributed by atoms with van der Waals surface area (Å²) >= 11 is 0. The van der Waals surface area contributed by atoms with Gasteiger partial charge >= 0.3 is 18.4 Å². The molecule has 1 aromatic rings. The molecule has 9 nitrogen and oxygen atoms in total. The topological polar surface area (TPSA) is 105 Å². The van der Waals surface area contributed by atoms with Gasteiger partial charge in [-0.3, -0.25) is 4.79 Å². The van der Waals surface area contributed by atoms with Crippen LogP contribution in [0.4, 0.5) is 22.8 Å². The van der Waals surface area contributed by atoms with E-state index in [1.807, 2.05) is 35.7 Å². The summed E-state index contributed by atoms with van der Waals surface area (Å²) in [5.74, 6) is -1.10. The van der Waals surface area contributed by atoms with E-state index in [4.69, 9.17) is 9.47 Å². The van der Waals surface area contributed by atoms with Gasteiger partial charge in [0, 0.05) is 19.5 Å². The van der Waals surface area contributed by atoms with Crippen LogP contribution in [-0.4, -0.2) is 78.2 Å². The molecule has 1 N–H and O–H groups in total. The molecule has 37 heavy (non-hydrogen) atoms. The predicted octanol–water partition coefficient (Wildman–Crippen LogP) is 3.20. The zero-order valence-corrected chi connectivity index (χ0v) is 20.0. The zero-order chi connectivity index (χ0) is 26.6. The maximum Gasteiger partial charge on any atom is 0.410 e. The van der Waals surface area contributed by atoms with E-state index in [9.17, 15) is 32.3 Å². The van der Waals surface area contributed by atoms with E-state index in [0.29, 0.717) is 38.6 Å². The third-order valence-electron chi connectivity index (χ3n) is 6.64. The molecular weight excluding hydrogens is 495 g/mol. The number of halogens is 3. The standard InChI is InChI=1S/C25H28F3N3O6/c26-25(27,28)12-21-22(33)31-14-19(11-18(31)15-32)37-24(35)30-9-8-20-16(6-4-7-17(20)13-30)5-2-1-3-10-36-23(34)29-21/h2,4-7,15,18-19,21H,1,3,8-14H2,(H,29,34)/b5-2+/t18-,19+,21-/m0/s1. The summed E-state index contributed by atoms with van der Waals surface area (Å²) in [7, 11) is 0. The van der Waals surface area contributed by atoms with Gasteiger partial charge in [0.15, 0.2) is 0 Å². The molecule has 3 amide bonds. The quantitative estimate of drug-likeness (QED) is 0.597. The Hall–Kier alpha value is -3.57. The first-order valence-corrected chi connectivity index (χ1v) is 12.1. The van der Waals surface area contributed by atoms with E-state index >= 15 is 0 Å². The van der Waals surface area contributed by atoms with Crippen LogP contribution in [0.5, 0.6) is 0 Å². The van der Waals surface area contributed by atoms with Crippen LogP contribution in [0.2, 0.25) is 0 Å². The Morgan fingerprint density at radius 2 is 2.00 bits per heavy atom. The number of alkyl carbamates (subject to hydrolysis) is 1. The van der Waals surface area contributed by atoms with E-state index in [2.05, 4.69) is 0 Å². The van der Waals surface area contributed by atoms with Crippen LogP contribution >= 0.6 is 0 Å². The highest BCUT2D eigenvalue weighted by Gasteiger charge is 2.44. The summed E-state index contributed by atoms with van der Waals surface area (Å²) in [5.41, 5.74) is 3.12. The number of nitrogens with one attached hydrogen (secondary N) is 1. The number of rotatable bonds is 2. The summed E-state index contributed by atoms with van der Waals surface area (Å²) < 4.78 is 50.1. The van der Waals surface area contributed by atoms with Gasteiger partial charge in [-0.25, -0.2) is 9.59 Å². The summed E-state index contributed by atoms with van der Waals surface area (Å²) in [6.45, 7) is 0.425. The molecule has 0 aliphatic carbocycles. The average molecular weight is 524 g/mol. The first kappa shape index (κ1) is 26.5. The van der Waals surface area contributed by atoms with E-state index in [0.717, 1.165) is 21.6 Å². The average Bonchev–Trinajstić information content (AvgIpc) is 3.26. The number of hydrogen-bond donors (Lipinski definition) is 1. The van der Waals surface area contributed by atoms with Gasteiger partial charge in [0.25, 0.3) is 0 Å². The van der Waals surface area contributed by atoms with Gasteiger partial charge in [-0.05, 0) is 36.0 Å². The van der Waals surface area contributed by atoms with Gasteiger partial charge in [-0.2, -0.15) is 13.2 Å². The summed E-state index contributed by atoms with van der Waals surface area (Å²) in [4.78, 5) is 52.2. The summed E-state index contributed by atoms with van der Waals surface area (Å²) in [6.07, 6.45) is -3.24. The number of aldehydes is 1. The molecule has 4 aliphatic heterocycles.